The number of aliphatic hydroxyl groups is 1. The molecule has 0 aromatic heterocycles. The second-order valence-corrected chi connectivity index (χ2v) is 2.84. The molecule has 0 saturated carbocycles. The van der Waals surface area contributed by atoms with Crippen LogP contribution in [-0.4, -0.2) is 24.2 Å². The summed E-state index contributed by atoms with van der Waals surface area (Å²) in [5, 5.41) is 11.2. The van der Waals surface area contributed by atoms with Crippen molar-refractivity contribution in [3.63, 3.8) is 0 Å². The third kappa shape index (κ3) is 8.90. The van der Waals surface area contributed by atoms with Crippen molar-refractivity contribution in [2.45, 2.75) is 32.1 Å². The van der Waals surface area contributed by atoms with Crippen LogP contribution in [0.25, 0.3) is 0 Å². The van der Waals surface area contributed by atoms with Gasteiger partial charge in [0.05, 0.1) is 0 Å². The number of nitrogens with one attached hydrogen (secondary N) is 1. The van der Waals surface area contributed by atoms with Gasteiger partial charge in [0, 0.05) is 26.0 Å². The van der Waals surface area contributed by atoms with Gasteiger partial charge in [0.2, 0.25) is 5.91 Å². The molecular weight excluding hydrogens is 166 g/mol. The van der Waals surface area contributed by atoms with Crippen LogP contribution in [0.3, 0.4) is 0 Å². The fraction of sp³-hybridized carbons (Fsp3) is 0.700. The van der Waals surface area contributed by atoms with Crippen LogP contribution >= 0.6 is 0 Å². The Morgan fingerprint density at radius 3 is 2.77 bits per heavy atom. The Morgan fingerprint density at radius 1 is 1.38 bits per heavy atom. The summed E-state index contributed by atoms with van der Waals surface area (Å²) in [7, 11) is 0. The van der Waals surface area contributed by atoms with E-state index >= 15 is 0 Å². The molecular formula is C10H17NO2. The molecule has 0 aliphatic carbocycles. The van der Waals surface area contributed by atoms with Gasteiger partial charge < -0.3 is 10.4 Å². The predicted molar refractivity (Wildman–Crippen MR) is 52.0 cm³/mol. The van der Waals surface area contributed by atoms with E-state index in [1.807, 2.05) is 0 Å². The van der Waals surface area contributed by atoms with Crippen molar-refractivity contribution in [2.75, 3.05) is 13.2 Å². The topological polar surface area (TPSA) is 49.3 Å². The van der Waals surface area contributed by atoms with Crippen molar-refractivity contribution in [3.8, 4) is 12.3 Å². The first-order valence-electron chi connectivity index (χ1n) is 4.62. The van der Waals surface area contributed by atoms with E-state index in [0.29, 0.717) is 19.4 Å². The molecule has 0 unspecified atom stereocenters. The molecule has 2 N–H and O–H groups in total. The van der Waals surface area contributed by atoms with E-state index in [-0.39, 0.29) is 12.5 Å². The Kier molecular flexibility index (Phi) is 8.38. The minimum atomic E-state index is 0.00903. The number of unbranched alkanes of at least 4 members (excludes halogenated alkanes) is 2. The maximum Gasteiger partial charge on any atom is 0.220 e. The fourth-order valence-electron chi connectivity index (χ4n) is 0.908. The lowest BCUT2D eigenvalue weighted by Crippen LogP contribution is -2.24. The van der Waals surface area contributed by atoms with Crippen LogP contribution in [0.15, 0.2) is 0 Å². The molecule has 13 heavy (non-hydrogen) atoms. The van der Waals surface area contributed by atoms with Crippen molar-refractivity contribution in [3.05, 3.63) is 0 Å². The average Bonchev–Trinajstić information content (AvgIpc) is 2.14. The van der Waals surface area contributed by atoms with Crippen molar-refractivity contribution in [1.29, 1.82) is 0 Å². The number of carbonyl (C=O) groups is 1. The first kappa shape index (κ1) is 12.0. The summed E-state index contributed by atoms with van der Waals surface area (Å²) >= 11 is 0. The van der Waals surface area contributed by atoms with Gasteiger partial charge in [-0.2, -0.15) is 0 Å². The van der Waals surface area contributed by atoms with E-state index in [1.165, 1.54) is 0 Å². The Hall–Kier alpha value is -1.01. The Labute approximate surface area is 79.5 Å². The molecule has 0 rings (SSSR count). The Balaban J connectivity index is 3.13. The van der Waals surface area contributed by atoms with E-state index < -0.39 is 0 Å². The van der Waals surface area contributed by atoms with Crippen molar-refractivity contribution in [2.24, 2.45) is 0 Å². The zero-order valence-electron chi connectivity index (χ0n) is 7.88. The highest BCUT2D eigenvalue weighted by Crippen LogP contribution is 1.92. The normalized spacial score (nSPS) is 9.23. The van der Waals surface area contributed by atoms with Crippen LogP contribution in [0, 0.1) is 12.3 Å². The molecule has 0 aliphatic rings. The number of rotatable bonds is 7. The first-order valence-corrected chi connectivity index (χ1v) is 4.62. The quantitative estimate of drug-likeness (QED) is 0.450. The van der Waals surface area contributed by atoms with Gasteiger partial charge in [0.25, 0.3) is 0 Å². The molecule has 3 heteroatoms. The van der Waals surface area contributed by atoms with Gasteiger partial charge in [-0.3, -0.25) is 4.79 Å². The number of terminal acetylenes is 1. The summed E-state index contributed by atoms with van der Waals surface area (Å²) < 4.78 is 0. The molecule has 0 heterocycles. The van der Waals surface area contributed by atoms with Crippen LogP contribution in [0.4, 0.5) is 0 Å². The third-order valence-corrected chi connectivity index (χ3v) is 1.63. The third-order valence-electron chi connectivity index (χ3n) is 1.63. The SMILES string of the molecule is C#CCCCCNC(=O)CCCO. The van der Waals surface area contributed by atoms with Gasteiger partial charge in [0.15, 0.2) is 0 Å². The van der Waals surface area contributed by atoms with E-state index in [1.54, 1.807) is 0 Å². The van der Waals surface area contributed by atoms with Gasteiger partial charge in [0.1, 0.15) is 0 Å². The molecule has 0 bridgehead atoms. The number of carbonyl (C=O) groups excluding carboxylic acids is 1. The number of amides is 1. The molecule has 0 aliphatic heterocycles. The molecule has 3 nitrogen and oxygen atoms in total. The predicted octanol–water partition coefficient (Wildman–Crippen LogP) is 0.679. The largest absolute Gasteiger partial charge is 0.396 e. The summed E-state index contributed by atoms with van der Waals surface area (Å²) in [6.45, 7) is 0.760. The minimum absolute atomic E-state index is 0.00903. The van der Waals surface area contributed by atoms with Gasteiger partial charge in [-0.25, -0.2) is 0 Å². The van der Waals surface area contributed by atoms with E-state index in [0.717, 1.165) is 19.3 Å². The van der Waals surface area contributed by atoms with Gasteiger partial charge in [-0.05, 0) is 19.3 Å². The number of hydrogen-bond acceptors (Lipinski definition) is 2. The summed E-state index contributed by atoms with van der Waals surface area (Å²) in [6, 6.07) is 0. The van der Waals surface area contributed by atoms with E-state index in [2.05, 4.69) is 11.2 Å². The second-order valence-electron chi connectivity index (χ2n) is 2.84. The monoisotopic (exact) mass is 183 g/mol. The van der Waals surface area contributed by atoms with Gasteiger partial charge in [-0.1, -0.05) is 0 Å². The van der Waals surface area contributed by atoms with E-state index in [9.17, 15) is 4.79 Å². The molecule has 74 valence electrons. The first-order chi connectivity index (χ1) is 6.31. The number of hydrogen-bond donors (Lipinski definition) is 2. The smallest absolute Gasteiger partial charge is 0.220 e. The molecule has 0 saturated heterocycles. The van der Waals surface area contributed by atoms with Crippen molar-refractivity contribution in [1.82, 2.24) is 5.32 Å². The molecule has 0 radical (unpaired) electrons. The highest BCUT2D eigenvalue weighted by Gasteiger charge is 1.98. The standard InChI is InChI=1S/C10H17NO2/c1-2-3-4-5-8-11-10(13)7-6-9-12/h1,12H,3-9H2,(H,11,13). The van der Waals surface area contributed by atoms with Crippen LogP contribution < -0.4 is 5.32 Å². The van der Waals surface area contributed by atoms with Crippen LogP contribution in [-0.2, 0) is 4.79 Å². The fourth-order valence-corrected chi connectivity index (χ4v) is 0.908. The summed E-state index contributed by atoms with van der Waals surface area (Å²) in [6.07, 6.45) is 8.67. The average molecular weight is 183 g/mol. The number of aliphatic hydroxyl groups excluding tert-OH is 1. The summed E-state index contributed by atoms with van der Waals surface area (Å²) in [5.41, 5.74) is 0. The minimum Gasteiger partial charge on any atom is -0.396 e. The maximum absolute atomic E-state index is 11.0. The maximum atomic E-state index is 11.0. The van der Waals surface area contributed by atoms with Crippen LogP contribution in [0.1, 0.15) is 32.1 Å². The van der Waals surface area contributed by atoms with Crippen molar-refractivity contribution < 1.29 is 9.90 Å². The lowest BCUT2D eigenvalue weighted by atomic mass is 10.2. The molecule has 0 aromatic carbocycles. The zero-order valence-corrected chi connectivity index (χ0v) is 7.88. The Morgan fingerprint density at radius 2 is 2.15 bits per heavy atom. The summed E-state index contributed by atoms with van der Waals surface area (Å²) in [5.74, 6) is 2.55. The van der Waals surface area contributed by atoms with Crippen LogP contribution in [0.2, 0.25) is 0 Å². The van der Waals surface area contributed by atoms with Crippen molar-refractivity contribution >= 4 is 5.91 Å². The lowest BCUT2D eigenvalue weighted by Gasteiger charge is -2.02. The molecule has 0 fully saturated rings. The Bertz CT molecular complexity index is 172. The zero-order chi connectivity index (χ0) is 9.94. The highest BCUT2D eigenvalue weighted by molar-refractivity contribution is 5.75. The molecule has 0 spiro atoms. The molecule has 0 atom stereocenters. The highest BCUT2D eigenvalue weighted by atomic mass is 16.3. The summed E-state index contributed by atoms with van der Waals surface area (Å²) in [4.78, 5) is 11.0. The van der Waals surface area contributed by atoms with Gasteiger partial charge in [-0.15, -0.1) is 12.3 Å². The second kappa shape index (κ2) is 9.08. The molecule has 0 aromatic rings. The lowest BCUT2D eigenvalue weighted by molar-refractivity contribution is -0.121. The van der Waals surface area contributed by atoms with Gasteiger partial charge >= 0.3 is 0 Å². The molecule has 1 amide bonds. The van der Waals surface area contributed by atoms with Crippen LogP contribution in [0.5, 0.6) is 0 Å². The van der Waals surface area contributed by atoms with E-state index in [4.69, 9.17) is 11.5 Å².